The van der Waals surface area contributed by atoms with E-state index < -0.39 is 37.1 Å². The maximum Gasteiger partial charge on any atom is 0.222 e. The van der Waals surface area contributed by atoms with Crippen molar-refractivity contribution < 1.29 is 30.0 Å². The van der Waals surface area contributed by atoms with Crippen LogP contribution in [0.1, 0.15) is 6.42 Å². The fourth-order valence-electron chi connectivity index (χ4n) is 1.15. The summed E-state index contributed by atoms with van der Waals surface area (Å²) in [5.41, 5.74) is 0. The molecule has 0 aromatic heterocycles. The number of carbonyl (C=O) groups is 1. The van der Waals surface area contributed by atoms with E-state index in [-0.39, 0.29) is 6.42 Å². The van der Waals surface area contributed by atoms with Gasteiger partial charge >= 0.3 is 0 Å². The minimum Gasteiger partial charge on any atom is -0.394 e. The summed E-state index contributed by atoms with van der Waals surface area (Å²) < 4.78 is 4.69. The van der Waals surface area contributed by atoms with E-state index in [4.69, 9.17) is 5.11 Å². The second-order valence-corrected chi connectivity index (χ2v) is 3.87. The Morgan fingerprint density at radius 1 is 1.35 bits per heavy atom. The summed E-state index contributed by atoms with van der Waals surface area (Å²) in [6, 6.07) is 0. The maximum absolute atomic E-state index is 11.1. The van der Waals surface area contributed by atoms with Gasteiger partial charge in [0.2, 0.25) is 5.91 Å². The number of rotatable bonds is 8. The Balaban J connectivity index is 4.27. The molecule has 8 heteroatoms. The molecule has 0 aromatic rings. The lowest BCUT2D eigenvalue weighted by molar-refractivity contribution is -0.143. The van der Waals surface area contributed by atoms with E-state index in [9.17, 15) is 20.1 Å². The number of amides is 1. The molecule has 0 saturated heterocycles. The standard InChI is InChI=1S/C9H19NO6S/c1-16-5(4-11)7(13)8(14)9(15)10-6(12)2-3-17/h5,7-9,11,13-15,17H,2-4H2,1H3,(H,10,12). The first-order valence-corrected chi connectivity index (χ1v) is 5.69. The van der Waals surface area contributed by atoms with Gasteiger partial charge in [-0.1, -0.05) is 0 Å². The number of hydrogen-bond acceptors (Lipinski definition) is 7. The quantitative estimate of drug-likeness (QED) is 0.214. The number of aliphatic hydroxyl groups excluding tert-OH is 4. The van der Waals surface area contributed by atoms with Crippen molar-refractivity contribution in [2.24, 2.45) is 0 Å². The van der Waals surface area contributed by atoms with Gasteiger partial charge in [0.25, 0.3) is 0 Å². The zero-order chi connectivity index (χ0) is 13.4. The average molecular weight is 269 g/mol. The molecule has 102 valence electrons. The molecule has 17 heavy (non-hydrogen) atoms. The van der Waals surface area contributed by atoms with Gasteiger partial charge in [-0.05, 0) is 5.75 Å². The molecule has 1 amide bonds. The Morgan fingerprint density at radius 2 is 1.94 bits per heavy atom. The fraction of sp³-hybridized carbons (Fsp3) is 0.889. The van der Waals surface area contributed by atoms with Crippen molar-refractivity contribution in [1.82, 2.24) is 5.32 Å². The lowest BCUT2D eigenvalue weighted by atomic mass is 10.1. The number of nitrogens with one attached hydrogen (secondary N) is 1. The molecule has 0 fully saturated rings. The fourth-order valence-corrected chi connectivity index (χ4v) is 1.36. The van der Waals surface area contributed by atoms with Gasteiger partial charge in [0, 0.05) is 13.5 Å². The molecule has 0 aliphatic rings. The molecular formula is C9H19NO6S. The van der Waals surface area contributed by atoms with Crippen LogP contribution in [-0.4, -0.2) is 70.3 Å². The smallest absolute Gasteiger partial charge is 0.222 e. The minimum absolute atomic E-state index is 0.0801. The van der Waals surface area contributed by atoms with Crippen molar-refractivity contribution in [3.8, 4) is 0 Å². The van der Waals surface area contributed by atoms with Crippen LogP contribution in [0.5, 0.6) is 0 Å². The molecule has 4 unspecified atom stereocenters. The van der Waals surface area contributed by atoms with Crippen molar-refractivity contribution in [3.05, 3.63) is 0 Å². The first-order valence-electron chi connectivity index (χ1n) is 5.06. The first kappa shape index (κ1) is 16.6. The van der Waals surface area contributed by atoms with Crippen LogP contribution in [-0.2, 0) is 9.53 Å². The summed E-state index contributed by atoms with van der Waals surface area (Å²) >= 11 is 3.83. The Labute approximate surface area is 105 Å². The number of methoxy groups -OCH3 is 1. The molecule has 0 rings (SSSR count). The molecule has 0 aliphatic heterocycles. The van der Waals surface area contributed by atoms with Crippen molar-refractivity contribution in [2.75, 3.05) is 19.5 Å². The van der Waals surface area contributed by atoms with E-state index in [2.05, 4.69) is 22.7 Å². The van der Waals surface area contributed by atoms with E-state index in [1.165, 1.54) is 7.11 Å². The molecule has 0 spiro atoms. The highest BCUT2D eigenvalue weighted by Crippen LogP contribution is 2.06. The Morgan fingerprint density at radius 3 is 2.35 bits per heavy atom. The van der Waals surface area contributed by atoms with Gasteiger partial charge in [0.1, 0.15) is 18.3 Å². The molecule has 4 atom stereocenters. The third-order valence-corrected chi connectivity index (χ3v) is 2.41. The van der Waals surface area contributed by atoms with Gasteiger partial charge in [0.15, 0.2) is 6.23 Å². The highest BCUT2D eigenvalue weighted by Gasteiger charge is 2.31. The number of carbonyl (C=O) groups excluding carboxylic acids is 1. The number of hydrogen-bond donors (Lipinski definition) is 6. The van der Waals surface area contributed by atoms with Gasteiger partial charge in [-0.15, -0.1) is 0 Å². The second-order valence-electron chi connectivity index (χ2n) is 3.42. The van der Waals surface area contributed by atoms with Gasteiger partial charge in [0.05, 0.1) is 6.61 Å². The Hall–Kier alpha value is -0.380. The molecule has 0 saturated carbocycles. The van der Waals surface area contributed by atoms with Crippen LogP contribution < -0.4 is 5.32 Å². The van der Waals surface area contributed by atoms with Crippen molar-refractivity contribution >= 4 is 18.5 Å². The van der Waals surface area contributed by atoms with Crippen LogP contribution in [0, 0.1) is 0 Å². The zero-order valence-electron chi connectivity index (χ0n) is 9.48. The summed E-state index contributed by atoms with van der Waals surface area (Å²) in [7, 11) is 1.24. The third-order valence-electron chi connectivity index (χ3n) is 2.18. The van der Waals surface area contributed by atoms with E-state index in [0.717, 1.165) is 0 Å². The minimum atomic E-state index is -1.66. The SMILES string of the molecule is COC(CO)C(O)C(O)C(O)NC(=O)CCS. The van der Waals surface area contributed by atoms with E-state index in [1.54, 1.807) is 0 Å². The van der Waals surface area contributed by atoms with Crippen LogP contribution in [0.4, 0.5) is 0 Å². The molecule has 0 aromatic carbocycles. The van der Waals surface area contributed by atoms with Crippen molar-refractivity contribution in [1.29, 1.82) is 0 Å². The Bertz CT molecular complexity index is 226. The number of thiol groups is 1. The first-order chi connectivity index (χ1) is 7.97. The molecule has 0 bridgehead atoms. The second kappa shape index (κ2) is 8.67. The highest BCUT2D eigenvalue weighted by molar-refractivity contribution is 7.80. The third kappa shape index (κ3) is 5.66. The molecule has 0 radical (unpaired) electrons. The predicted molar refractivity (Wildman–Crippen MR) is 62.5 cm³/mol. The molecular weight excluding hydrogens is 250 g/mol. The van der Waals surface area contributed by atoms with Gasteiger partial charge in [-0.3, -0.25) is 4.79 Å². The lowest BCUT2D eigenvalue weighted by Gasteiger charge is -2.27. The van der Waals surface area contributed by atoms with Gasteiger partial charge < -0.3 is 30.5 Å². The van der Waals surface area contributed by atoms with Gasteiger partial charge in [-0.25, -0.2) is 0 Å². The Kier molecular flexibility index (Phi) is 8.48. The predicted octanol–water partition coefficient (Wildman–Crippen LogP) is -2.53. The number of aliphatic hydroxyl groups is 4. The molecule has 7 nitrogen and oxygen atoms in total. The lowest BCUT2D eigenvalue weighted by Crippen LogP contribution is -2.53. The van der Waals surface area contributed by atoms with E-state index in [0.29, 0.717) is 5.75 Å². The maximum atomic E-state index is 11.1. The van der Waals surface area contributed by atoms with E-state index >= 15 is 0 Å². The molecule has 0 aliphatic carbocycles. The summed E-state index contributed by atoms with van der Waals surface area (Å²) in [6.07, 6.45) is -5.77. The molecule has 0 heterocycles. The van der Waals surface area contributed by atoms with Crippen LogP contribution in [0.15, 0.2) is 0 Å². The number of ether oxygens (including phenoxy) is 1. The summed E-state index contributed by atoms with van der Waals surface area (Å²) in [5.74, 6) is -0.203. The van der Waals surface area contributed by atoms with Crippen LogP contribution in [0.3, 0.4) is 0 Å². The summed E-state index contributed by atoms with van der Waals surface area (Å²) in [6.45, 7) is -0.522. The van der Waals surface area contributed by atoms with Crippen LogP contribution >= 0.6 is 12.6 Å². The van der Waals surface area contributed by atoms with Crippen LogP contribution in [0.2, 0.25) is 0 Å². The highest BCUT2D eigenvalue weighted by atomic mass is 32.1. The monoisotopic (exact) mass is 269 g/mol. The topological polar surface area (TPSA) is 119 Å². The normalized spacial score (nSPS) is 18.2. The largest absolute Gasteiger partial charge is 0.394 e. The van der Waals surface area contributed by atoms with Crippen LogP contribution in [0.25, 0.3) is 0 Å². The molecule has 5 N–H and O–H groups in total. The average Bonchev–Trinajstić information content (AvgIpc) is 2.29. The van der Waals surface area contributed by atoms with Crippen molar-refractivity contribution in [2.45, 2.75) is 31.0 Å². The zero-order valence-corrected chi connectivity index (χ0v) is 10.4. The summed E-state index contributed by atoms with van der Waals surface area (Å²) in [4.78, 5) is 11.1. The van der Waals surface area contributed by atoms with Gasteiger partial charge in [-0.2, -0.15) is 12.6 Å². The summed E-state index contributed by atoms with van der Waals surface area (Å²) in [5, 5.41) is 39.4. The van der Waals surface area contributed by atoms with E-state index in [1.807, 2.05) is 0 Å². The van der Waals surface area contributed by atoms with Crippen molar-refractivity contribution in [3.63, 3.8) is 0 Å².